The minimum Gasteiger partial charge on any atom is -0.623 e. The van der Waals surface area contributed by atoms with Gasteiger partial charge < -0.3 is 10.3 Å². The molecule has 1 heterocycles. The van der Waals surface area contributed by atoms with Crippen molar-refractivity contribution in [3.05, 3.63) is 61.6 Å². The van der Waals surface area contributed by atoms with Gasteiger partial charge in [-0.3, -0.25) is 15.1 Å². The number of pyridine rings is 1. The van der Waals surface area contributed by atoms with Crippen LogP contribution in [-0.4, -0.2) is 9.91 Å². The summed E-state index contributed by atoms with van der Waals surface area (Å²) in [6, 6.07) is 8.11. The Morgan fingerprint density at radius 2 is 2.11 bits per heavy atom. The van der Waals surface area contributed by atoms with Crippen LogP contribution < -0.4 is 5.06 Å². The van der Waals surface area contributed by atoms with Crippen molar-refractivity contribution >= 4 is 39.7 Å². The molecular formula is C11H8IN3O3. The van der Waals surface area contributed by atoms with Crippen LogP contribution in [0.25, 0.3) is 0 Å². The van der Waals surface area contributed by atoms with E-state index in [2.05, 4.69) is 27.6 Å². The summed E-state index contributed by atoms with van der Waals surface area (Å²) in [4.78, 5) is 14.0. The smallest absolute Gasteiger partial charge is 0.333 e. The quantitative estimate of drug-likeness (QED) is 0.517. The van der Waals surface area contributed by atoms with Gasteiger partial charge in [0.1, 0.15) is 5.69 Å². The summed E-state index contributed by atoms with van der Waals surface area (Å²) in [7, 11) is 0. The molecule has 2 rings (SSSR count). The van der Waals surface area contributed by atoms with E-state index in [0.29, 0.717) is 5.69 Å². The van der Waals surface area contributed by atoms with Crippen LogP contribution in [0.1, 0.15) is 0 Å². The molecule has 0 saturated carbocycles. The number of nitrogens with one attached hydrogen (secondary N) is 1. The molecule has 1 unspecified atom stereocenters. The van der Waals surface area contributed by atoms with E-state index in [9.17, 15) is 15.3 Å². The Bertz CT molecular complexity index is 591. The fourth-order valence-electron chi connectivity index (χ4n) is 1.51. The third-order valence-electron chi connectivity index (χ3n) is 2.33. The minimum atomic E-state index is -0.581. The van der Waals surface area contributed by atoms with E-state index < -0.39 is 9.99 Å². The maximum atomic E-state index is 12.2. The average Bonchev–Trinajstić information content (AvgIpc) is 2.38. The normalized spacial score (nSPS) is 12.1. The minimum absolute atomic E-state index is 0.00417. The fourth-order valence-corrected chi connectivity index (χ4v) is 2.05. The van der Waals surface area contributed by atoms with Crippen molar-refractivity contribution in [1.82, 2.24) is 4.98 Å². The molecule has 18 heavy (non-hydrogen) atoms. The van der Waals surface area contributed by atoms with Crippen LogP contribution in [0.3, 0.4) is 0 Å². The zero-order valence-electron chi connectivity index (χ0n) is 9.04. The van der Waals surface area contributed by atoms with Gasteiger partial charge in [0, 0.05) is 21.9 Å². The first-order valence-electron chi connectivity index (χ1n) is 4.98. The molecular weight excluding hydrogens is 349 g/mol. The summed E-state index contributed by atoms with van der Waals surface area (Å²) in [6.07, 6.45) is 2.52. The van der Waals surface area contributed by atoms with Crippen LogP contribution in [0.15, 0.2) is 42.7 Å². The van der Waals surface area contributed by atoms with Crippen molar-refractivity contribution in [2.45, 2.75) is 0 Å². The van der Waals surface area contributed by atoms with Crippen LogP contribution in [0, 0.1) is 18.9 Å². The van der Waals surface area contributed by atoms with Gasteiger partial charge in [0.2, 0.25) is 5.69 Å². The predicted octanol–water partition coefficient (Wildman–Crippen LogP) is 1.94. The highest BCUT2D eigenvalue weighted by molar-refractivity contribution is 14.1. The standard InChI is InChI=1S/C11H8IN3O3/c12-8-2-1-3-9(6-8)14(16)11-7-13-5-4-10(11)15(17)18/h1-7,14H. The van der Waals surface area contributed by atoms with E-state index in [-0.39, 0.29) is 11.4 Å². The second kappa shape index (κ2) is 5.38. The van der Waals surface area contributed by atoms with E-state index in [1.807, 2.05) is 6.07 Å². The number of hydrogen-bond acceptors (Lipinski definition) is 4. The number of benzene rings is 1. The molecule has 0 aliphatic carbocycles. The topological polar surface area (TPSA) is 83.5 Å². The molecule has 7 heteroatoms. The summed E-state index contributed by atoms with van der Waals surface area (Å²) in [6.45, 7) is 0. The number of aromatic nitrogens is 1. The zero-order chi connectivity index (χ0) is 13.1. The summed E-state index contributed by atoms with van der Waals surface area (Å²) >= 11 is 2.08. The van der Waals surface area contributed by atoms with E-state index >= 15 is 0 Å². The lowest BCUT2D eigenvalue weighted by Crippen LogP contribution is -2.96. The number of halogens is 1. The molecule has 0 radical (unpaired) electrons. The van der Waals surface area contributed by atoms with Gasteiger partial charge in [0.25, 0.3) is 0 Å². The molecule has 2 aromatic rings. The van der Waals surface area contributed by atoms with Gasteiger partial charge in [-0.2, -0.15) is 0 Å². The Kier molecular flexibility index (Phi) is 3.84. The lowest BCUT2D eigenvalue weighted by atomic mass is 10.3. The average molecular weight is 357 g/mol. The highest BCUT2D eigenvalue weighted by Crippen LogP contribution is 2.20. The van der Waals surface area contributed by atoms with Gasteiger partial charge in [0.15, 0.2) is 0 Å². The second-order valence-electron chi connectivity index (χ2n) is 3.49. The van der Waals surface area contributed by atoms with Crippen molar-refractivity contribution in [1.29, 1.82) is 0 Å². The van der Waals surface area contributed by atoms with E-state index in [1.165, 1.54) is 18.5 Å². The van der Waals surface area contributed by atoms with Gasteiger partial charge in [-0.25, -0.2) is 0 Å². The van der Waals surface area contributed by atoms with E-state index in [1.54, 1.807) is 18.2 Å². The Hall–Kier alpha value is -1.58. The molecule has 1 N–H and O–H groups in total. The molecule has 0 spiro atoms. The number of quaternary nitrogens is 1. The SMILES string of the molecule is O=[N+]([O-])c1ccncc1[NH+]([O-])c1cccc(I)c1. The Balaban J connectivity index is 2.46. The Labute approximate surface area is 116 Å². The number of nitrogens with zero attached hydrogens (tertiary/aromatic N) is 2. The molecule has 0 bridgehead atoms. The first-order chi connectivity index (χ1) is 8.59. The summed E-state index contributed by atoms with van der Waals surface area (Å²) in [5.41, 5.74) is 0.191. The third kappa shape index (κ3) is 2.63. The van der Waals surface area contributed by atoms with Crippen LogP contribution in [0.4, 0.5) is 17.1 Å². The molecule has 0 aliphatic heterocycles. The monoisotopic (exact) mass is 357 g/mol. The molecule has 0 saturated heterocycles. The second-order valence-corrected chi connectivity index (χ2v) is 4.74. The summed E-state index contributed by atoms with van der Waals surface area (Å²) < 4.78 is 0.894. The van der Waals surface area contributed by atoms with Gasteiger partial charge in [-0.05, 0) is 34.7 Å². The van der Waals surface area contributed by atoms with Crippen molar-refractivity contribution in [3.63, 3.8) is 0 Å². The number of rotatable bonds is 3. The molecule has 0 aliphatic rings. The zero-order valence-corrected chi connectivity index (χ0v) is 11.2. The van der Waals surface area contributed by atoms with E-state index in [4.69, 9.17) is 0 Å². The fraction of sp³-hybridized carbons (Fsp3) is 0. The summed E-state index contributed by atoms with van der Waals surface area (Å²) in [5.74, 6) is 0. The highest BCUT2D eigenvalue weighted by Gasteiger charge is 2.20. The van der Waals surface area contributed by atoms with Crippen molar-refractivity contribution in [2.24, 2.45) is 0 Å². The van der Waals surface area contributed by atoms with Gasteiger partial charge in [0.05, 0.1) is 11.1 Å². The van der Waals surface area contributed by atoms with Crippen molar-refractivity contribution in [3.8, 4) is 0 Å². The maximum absolute atomic E-state index is 12.2. The molecule has 1 aromatic heterocycles. The molecule has 0 fully saturated rings. The summed E-state index contributed by atoms with van der Waals surface area (Å²) in [5, 5.41) is 22.6. The van der Waals surface area contributed by atoms with Crippen LogP contribution in [-0.2, 0) is 0 Å². The molecule has 0 amide bonds. The number of hydrogen-bond donors (Lipinski definition) is 1. The lowest BCUT2D eigenvalue weighted by molar-refractivity contribution is -0.701. The third-order valence-corrected chi connectivity index (χ3v) is 3.00. The molecule has 6 nitrogen and oxygen atoms in total. The van der Waals surface area contributed by atoms with E-state index in [0.717, 1.165) is 3.57 Å². The Morgan fingerprint density at radius 1 is 1.33 bits per heavy atom. The van der Waals surface area contributed by atoms with Crippen molar-refractivity contribution in [2.75, 3.05) is 0 Å². The van der Waals surface area contributed by atoms with Gasteiger partial charge >= 0.3 is 5.69 Å². The van der Waals surface area contributed by atoms with Crippen molar-refractivity contribution < 1.29 is 9.99 Å². The molecule has 92 valence electrons. The molecule has 1 aromatic carbocycles. The molecule has 1 atom stereocenters. The largest absolute Gasteiger partial charge is 0.623 e. The van der Waals surface area contributed by atoms with Crippen LogP contribution >= 0.6 is 22.6 Å². The Morgan fingerprint density at radius 3 is 2.78 bits per heavy atom. The first-order valence-corrected chi connectivity index (χ1v) is 6.06. The van der Waals surface area contributed by atoms with Crippen LogP contribution in [0.5, 0.6) is 0 Å². The predicted molar refractivity (Wildman–Crippen MR) is 73.7 cm³/mol. The van der Waals surface area contributed by atoms with Crippen LogP contribution in [0.2, 0.25) is 0 Å². The number of nitro groups is 1. The van der Waals surface area contributed by atoms with Gasteiger partial charge in [-0.15, -0.1) is 0 Å². The first kappa shape index (κ1) is 12.9. The lowest BCUT2D eigenvalue weighted by Gasteiger charge is -2.20. The maximum Gasteiger partial charge on any atom is 0.333 e. The highest BCUT2D eigenvalue weighted by atomic mass is 127. The van der Waals surface area contributed by atoms with Gasteiger partial charge in [-0.1, -0.05) is 6.07 Å².